The van der Waals surface area contributed by atoms with Crippen LogP contribution >= 0.6 is 15.9 Å². The number of aryl methyl sites for hydroxylation is 1. The van der Waals surface area contributed by atoms with Crippen molar-refractivity contribution in [2.24, 2.45) is 0 Å². The second-order valence-corrected chi connectivity index (χ2v) is 6.04. The van der Waals surface area contributed by atoms with Gasteiger partial charge in [-0.15, -0.1) is 5.10 Å². The molecular formula is C15H13BrF3N5O2. The smallest absolute Gasteiger partial charge is 0.453 e. The number of hydrogen-bond acceptors (Lipinski definition) is 6. The maximum absolute atomic E-state index is 12.9. The van der Waals surface area contributed by atoms with Crippen LogP contribution in [0.15, 0.2) is 22.7 Å². The summed E-state index contributed by atoms with van der Waals surface area (Å²) in [5.41, 5.74) is 1.01. The van der Waals surface area contributed by atoms with Crippen LogP contribution < -0.4 is 14.8 Å². The summed E-state index contributed by atoms with van der Waals surface area (Å²) in [5.74, 6) is -0.172. The largest absolute Gasteiger partial charge is 0.495 e. The van der Waals surface area contributed by atoms with Gasteiger partial charge in [-0.3, -0.25) is 0 Å². The van der Waals surface area contributed by atoms with Crippen molar-refractivity contribution in [2.45, 2.75) is 13.1 Å². The SMILES string of the molecule is COc1cc(Nc2cc(C)nc3nc(C(F)(F)F)nn23)cc(OC)c1Br. The molecule has 7 nitrogen and oxygen atoms in total. The highest BCUT2D eigenvalue weighted by Crippen LogP contribution is 2.38. The summed E-state index contributed by atoms with van der Waals surface area (Å²) >= 11 is 3.36. The van der Waals surface area contributed by atoms with Crippen LogP contribution in [0.5, 0.6) is 11.5 Å². The molecule has 0 unspecified atom stereocenters. The Hall–Kier alpha value is -2.56. The monoisotopic (exact) mass is 431 g/mol. The van der Waals surface area contributed by atoms with Crippen molar-refractivity contribution in [1.82, 2.24) is 19.6 Å². The lowest BCUT2D eigenvalue weighted by atomic mass is 10.2. The van der Waals surface area contributed by atoms with E-state index >= 15 is 0 Å². The standard InChI is InChI=1S/C15H13BrF3N5O2/c1-7-4-11(24-14(20-7)22-13(23-24)15(17,18)19)21-8-5-9(25-2)12(16)10(6-8)26-3/h4-6,21H,1-3H3. The molecule has 138 valence electrons. The molecule has 11 heteroatoms. The molecule has 3 aromatic rings. The minimum atomic E-state index is -4.66. The first-order valence-corrected chi connectivity index (χ1v) is 8.02. The Morgan fingerprint density at radius 3 is 2.23 bits per heavy atom. The molecule has 0 fully saturated rings. The van der Waals surface area contributed by atoms with E-state index in [1.807, 2.05) is 0 Å². The maximum atomic E-state index is 12.9. The molecule has 0 aliphatic heterocycles. The van der Waals surface area contributed by atoms with Crippen LogP contribution in [0.3, 0.4) is 0 Å². The number of halogens is 4. The minimum absolute atomic E-state index is 0.157. The molecule has 0 atom stereocenters. The van der Waals surface area contributed by atoms with Crippen molar-refractivity contribution >= 4 is 33.2 Å². The van der Waals surface area contributed by atoms with Crippen molar-refractivity contribution in [1.29, 1.82) is 0 Å². The van der Waals surface area contributed by atoms with Gasteiger partial charge in [0.1, 0.15) is 21.8 Å². The number of hydrogen-bond donors (Lipinski definition) is 1. The van der Waals surface area contributed by atoms with E-state index in [-0.39, 0.29) is 11.6 Å². The second kappa shape index (κ2) is 6.63. The number of nitrogens with one attached hydrogen (secondary N) is 1. The molecule has 0 saturated heterocycles. The summed E-state index contributed by atoms with van der Waals surface area (Å²) in [6, 6.07) is 4.88. The van der Waals surface area contributed by atoms with Gasteiger partial charge in [0.25, 0.3) is 11.6 Å². The van der Waals surface area contributed by atoms with Gasteiger partial charge in [0.15, 0.2) is 0 Å². The van der Waals surface area contributed by atoms with Gasteiger partial charge in [0, 0.05) is 29.6 Å². The Balaban J connectivity index is 2.10. The molecule has 0 radical (unpaired) electrons. The first kappa shape index (κ1) is 18.2. The third kappa shape index (κ3) is 3.39. The zero-order chi connectivity index (χ0) is 19.1. The molecule has 0 aliphatic carbocycles. The second-order valence-electron chi connectivity index (χ2n) is 5.25. The third-order valence-corrected chi connectivity index (χ3v) is 4.19. The molecule has 3 rings (SSSR count). The molecule has 1 aromatic carbocycles. The van der Waals surface area contributed by atoms with Gasteiger partial charge in [-0.25, -0.2) is 4.98 Å². The number of anilines is 2. The number of methoxy groups -OCH3 is 2. The van der Waals surface area contributed by atoms with E-state index in [0.717, 1.165) is 4.52 Å². The number of alkyl halides is 3. The number of benzene rings is 1. The fourth-order valence-corrected chi connectivity index (χ4v) is 2.84. The molecular weight excluding hydrogens is 419 g/mol. The summed E-state index contributed by atoms with van der Waals surface area (Å²) in [7, 11) is 2.98. The van der Waals surface area contributed by atoms with E-state index in [2.05, 4.69) is 36.3 Å². The van der Waals surface area contributed by atoms with Crippen molar-refractivity contribution in [2.75, 3.05) is 19.5 Å². The van der Waals surface area contributed by atoms with Crippen molar-refractivity contribution in [3.8, 4) is 11.5 Å². The number of rotatable bonds is 4. The molecule has 0 spiro atoms. The van der Waals surface area contributed by atoms with E-state index < -0.39 is 12.0 Å². The number of ether oxygens (including phenoxy) is 2. The normalized spacial score (nSPS) is 11.7. The highest BCUT2D eigenvalue weighted by Gasteiger charge is 2.36. The third-order valence-electron chi connectivity index (χ3n) is 3.41. The quantitative estimate of drug-likeness (QED) is 0.673. The average molecular weight is 432 g/mol. The lowest BCUT2D eigenvalue weighted by Crippen LogP contribution is -2.08. The van der Waals surface area contributed by atoms with Crippen molar-refractivity contribution < 1.29 is 22.6 Å². The topological polar surface area (TPSA) is 73.6 Å². The Morgan fingerprint density at radius 2 is 1.69 bits per heavy atom. The number of nitrogens with zero attached hydrogens (tertiary/aromatic N) is 4. The fourth-order valence-electron chi connectivity index (χ4n) is 2.29. The van der Waals surface area contributed by atoms with Crippen molar-refractivity contribution in [3.63, 3.8) is 0 Å². The van der Waals surface area contributed by atoms with E-state index in [1.165, 1.54) is 14.2 Å². The Kier molecular flexibility index (Phi) is 4.65. The van der Waals surface area contributed by atoms with Crippen LogP contribution in [0.2, 0.25) is 0 Å². The van der Waals surface area contributed by atoms with Gasteiger partial charge in [0.2, 0.25) is 0 Å². The zero-order valence-corrected chi connectivity index (χ0v) is 15.4. The molecule has 0 aliphatic rings. The molecule has 1 N–H and O–H groups in total. The Morgan fingerprint density at radius 1 is 1.08 bits per heavy atom. The highest BCUT2D eigenvalue weighted by atomic mass is 79.9. The van der Waals surface area contributed by atoms with Crippen LogP contribution in [0.4, 0.5) is 24.7 Å². The molecule has 0 saturated carbocycles. The van der Waals surface area contributed by atoms with Gasteiger partial charge in [-0.1, -0.05) is 0 Å². The highest BCUT2D eigenvalue weighted by molar-refractivity contribution is 9.10. The lowest BCUT2D eigenvalue weighted by molar-refractivity contribution is -0.144. The first-order chi connectivity index (χ1) is 12.2. The predicted molar refractivity (Wildman–Crippen MR) is 91.0 cm³/mol. The number of fused-ring (bicyclic) bond motifs is 1. The van der Waals surface area contributed by atoms with Gasteiger partial charge >= 0.3 is 6.18 Å². The van der Waals surface area contributed by atoms with E-state index in [0.29, 0.717) is 27.4 Å². The van der Waals surface area contributed by atoms with Gasteiger partial charge in [0.05, 0.1) is 14.2 Å². The average Bonchev–Trinajstić information content (AvgIpc) is 3.00. The molecule has 26 heavy (non-hydrogen) atoms. The summed E-state index contributed by atoms with van der Waals surface area (Å²) in [4.78, 5) is 7.43. The lowest BCUT2D eigenvalue weighted by Gasteiger charge is -2.13. The van der Waals surface area contributed by atoms with E-state index in [1.54, 1.807) is 25.1 Å². The molecule has 0 amide bonds. The summed E-state index contributed by atoms with van der Waals surface area (Å²) < 4.78 is 50.8. The van der Waals surface area contributed by atoms with Crippen LogP contribution in [-0.4, -0.2) is 33.8 Å². The summed E-state index contributed by atoms with van der Waals surface area (Å²) in [6.45, 7) is 1.65. The van der Waals surface area contributed by atoms with Crippen LogP contribution in [-0.2, 0) is 6.18 Å². The summed E-state index contributed by atoms with van der Waals surface area (Å²) in [6.07, 6.45) is -4.66. The predicted octanol–water partition coefficient (Wildman–Crippen LogP) is 3.97. The fraction of sp³-hybridized carbons (Fsp3) is 0.267. The van der Waals surface area contributed by atoms with Crippen LogP contribution in [0.1, 0.15) is 11.5 Å². The van der Waals surface area contributed by atoms with Crippen molar-refractivity contribution in [3.05, 3.63) is 34.2 Å². The van der Waals surface area contributed by atoms with Crippen LogP contribution in [0.25, 0.3) is 5.78 Å². The van der Waals surface area contributed by atoms with E-state index in [9.17, 15) is 13.2 Å². The first-order valence-electron chi connectivity index (χ1n) is 7.23. The van der Waals surface area contributed by atoms with Crippen LogP contribution in [0, 0.1) is 6.92 Å². The van der Waals surface area contributed by atoms with Gasteiger partial charge in [-0.2, -0.15) is 22.7 Å². The van der Waals surface area contributed by atoms with Gasteiger partial charge in [-0.05, 0) is 22.9 Å². The molecule has 0 bridgehead atoms. The Labute approximate surface area is 154 Å². The zero-order valence-electron chi connectivity index (χ0n) is 13.8. The summed E-state index contributed by atoms with van der Waals surface area (Å²) in [5, 5.41) is 6.51. The number of aromatic nitrogens is 4. The Bertz CT molecular complexity index is 949. The maximum Gasteiger partial charge on any atom is 0.453 e. The van der Waals surface area contributed by atoms with Gasteiger partial charge < -0.3 is 14.8 Å². The van der Waals surface area contributed by atoms with E-state index in [4.69, 9.17) is 9.47 Å². The molecule has 2 aromatic heterocycles. The minimum Gasteiger partial charge on any atom is -0.495 e. The molecule has 2 heterocycles.